The first-order chi connectivity index (χ1) is 22.1. The van der Waals surface area contributed by atoms with Crippen molar-refractivity contribution in [2.75, 3.05) is 0 Å². The Bertz CT molecular complexity index is 1390. The van der Waals surface area contributed by atoms with Crippen molar-refractivity contribution in [3.05, 3.63) is 72.8 Å². The predicted molar refractivity (Wildman–Crippen MR) is 214 cm³/mol. The summed E-state index contributed by atoms with van der Waals surface area (Å²) in [5, 5.41) is 4.95. The minimum Gasteiger partial charge on any atom is -0.741 e. The van der Waals surface area contributed by atoms with Gasteiger partial charge >= 0.3 is 5.51 Å². The normalized spacial score (nSPS) is 12.5. The second-order valence-electron chi connectivity index (χ2n) is 14.4. The Kier molecular flexibility index (Phi) is 18.8. The van der Waals surface area contributed by atoms with E-state index in [1.54, 1.807) is 32.3 Å². The SMILES string of the molecule is CC(C)[PH+](c1ccccc1B(c1ccccc1[PH+](C(C)C)C(C)C)c1ccccc1[PH+](C(C)C)C(C)C)C(C)C.O=S(=O)([O-])C(F)(F)F.[Fe]. The van der Waals surface area contributed by atoms with Crippen LogP contribution in [0.25, 0.3) is 0 Å². The van der Waals surface area contributed by atoms with E-state index in [0.29, 0.717) is 34.0 Å². The van der Waals surface area contributed by atoms with Gasteiger partial charge in [0.2, 0.25) is 0 Å². The van der Waals surface area contributed by atoms with Gasteiger partial charge in [-0.15, -0.1) is 0 Å². The number of halogens is 3. The average Bonchev–Trinajstić information content (AvgIpc) is 2.94. The Morgan fingerprint density at radius 1 is 0.510 bits per heavy atom. The van der Waals surface area contributed by atoms with Crippen molar-refractivity contribution in [2.24, 2.45) is 0 Å². The fourth-order valence-corrected chi connectivity index (χ4v) is 17.7. The summed E-state index contributed by atoms with van der Waals surface area (Å²) in [5.74, 6) is 0. The molecule has 0 aliphatic carbocycles. The van der Waals surface area contributed by atoms with Gasteiger partial charge in [-0.3, -0.25) is 0 Å². The van der Waals surface area contributed by atoms with Crippen LogP contribution in [0, 0.1) is 0 Å². The minimum absolute atomic E-state index is 0. The van der Waals surface area contributed by atoms with Gasteiger partial charge in [0.1, 0.15) is 0 Å². The third-order valence-electron chi connectivity index (χ3n) is 8.76. The summed E-state index contributed by atoms with van der Waals surface area (Å²) in [4.78, 5) is 0. The molecule has 3 nitrogen and oxygen atoms in total. The molecular formula is C37H57BF3FeO3P3S+2. The number of benzene rings is 3. The van der Waals surface area contributed by atoms with Crippen LogP contribution in [0.2, 0.25) is 0 Å². The maximum absolute atomic E-state index is 10.7. The Balaban J connectivity index is 0.00000119. The van der Waals surface area contributed by atoms with Gasteiger partial charge < -0.3 is 4.55 Å². The van der Waals surface area contributed by atoms with Gasteiger partial charge in [-0.05, 0) is 118 Å². The van der Waals surface area contributed by atoms with E-state index in [1.807, 2.05) is 0 Å². The van der Waals surface area contributed by atoms with Crippen molar-refractivity contribution in [1.29, 1.82) is 0 Å². The quantitative estimate of drug-likeness (QED) is 0.0843. The van der Waals surface area contributed by atoms with Crippen LogP contribution in [0.15, 0.2) is 72.8 Å². The van der Waals surface area contributed by atoms with E-state index in [-0.39, 0.29) is 23.8 Å². The third kappa shape index (κ3) is 12.1. The molecule has 0 radical (unpaired) electrons. The van der Waals surface area contributed by atoms with E-state index in [9.17, 15) is 13.2 Å². The van der Waals surface area contributed by atoms with Crippen molar-refractivity contribution in [1.82, 2.24) is 0 Å². The monoisotopic (exact) mass is 798 g/mol. The topological polar surface area (TPSA) is 57.2 Å². The molecular weight excluding hydrogens is 741 g/mol. The van der Waals surface area contributed by atoms with Gasteiger partial charge in [-0.25, -0.2) is 8.42 Å². The van der Waals surface area contributed by atoms with Crippen molar-refractivity contribution < 1.29 is 43.2 Å². The smallest absolute Gasteiger partial charge is 0.485 e. The zero-order valence-corrected chi connectivity index (χ0v) is 36.0. The van der Waals surface area contributed by atoms with Crippen LogP contribution in [0.4, 0.5) is 13.2 Å². The minimum atomic E-state index is -6.09. The summed E-state index contributed by atoms with van der Waals surface area (Å²) in [6.07, 6.45) is 0. The molecule has 0 saturated heterocycles. The van der Waals surface area contributed by atoms with Crippen molar-refractivity contribution >= 4 is 72.9 Å². The molecule has 0 amide bonds. The summed E-state index contributed by atoms with van der Waals surface area (Å²) in [6, 6.07) is 28.8. The van der Waals surface area contributed by atoms with E-state index in [0.717, 1.165) is 0 Å². The molecule has 0 unspecified atom stereocenters. The molecule has 0 aromatic heterocycles. The summed E-state index contributed by atoms with van der Waals surface area (Å²) < 4.78 is 58.9. The first-order valence-electron chi connectivity index (χ1n) is 17.0. The molecule has 0 N–H and O–H groups in total. The van der Waals surface area contributed by atoms with E-state index >= 15 is 0 Å². The summed E-state index contributed by atoms with van der Waals surface area (Å²) >= 11 is 0. The maximum Gasteiger partial charge on any atom is 0.485 e. The second kappa shape index (κ2) is 19.9. The first-order valence-corrected chi connectivity index (χ1v) is 23.4. The number of alkyl halides is 3. The Labute approximate surface area is 310 Å². The zero-order valence-electron chi connectivity index (χ0n) is 31.1. The van der Waals surface area contributed by atoms with E-state index < -0.39 is 39.4 Å². The fraction of sp³-hybridized carbons (Fsp3) is 0.514. The Morgan fingerprint density at radius 2 is 0.694 bits per heavy atom. The Hall–Kier alpha value is -0.766. The summed E-state index contributed by atoms with van der Waals surface area (Å²) in [6.45, 7) is 29.8. The molecule has 0 spiro atoms. The molecule has 274 valence electrons. The van der Waals surface area contributed by atoms with Gasteiger partial charge in [-0.2, -0.15) is 13.2 Å². The molecule has 0 aliphatic rings. The van der Waals surface area contributed by atoms with E-state index in [1.165, 1.54) is 0 Å². The molecule has 49 heavy (non-hydrogen) atoms. The van der Waals surface area contributed by atoms with Crippen molar-refractivity contribution in [2.45, 2.75) is 123 Å². The standard InChI is InChI=1S/C36H54BP3.CHF3O3S.Fe/c1-25(2)38(26(3)4)34-22-16-13-19-31(34)37(32-20-14-17-23-35(32)39(27(5)6)28(7)8)33-21-15-18-24-36(33)40(29(9)10)30(11)12;2-1(3,4)8(5,6)7;/h13-30H,1-12H3;(H,5,6,7);/p+2. The molecule has 0 fully saturated rings. The van der Waals surface area contributed by atoms with Gasteiger partial charge in [0.25, 0.3) is 6.71 Å². The van der Waals surface area contributed by atoms with Crippen molar-refractivity contribution in [3.8, 4) is 0 Å². The zero-order chi connectivity index (χ0) is 36.7. The molecule has 3 aromatic carbocycles. The molecule has 0 atom stereocenters. The fourth-order valence-electron chi connectivity index (χ4n) is 7.40. The molecule has 3 rings (SSSR count). The molecule has 12 heteroatoms. The predicted octanol–water partition coefficient (Wildman–Crippen LogP) is 7.22. The van der Waals surface area contributed by atoms with Crippen LogP contribution in [-0.2, 0) is 27.2 Å². The maximum atomic E-state index is 10.7. The molecule has 0 bridgehead atoms. The van der Waals surface area contributed by atoms with Gasteiger partial charge in [0.15, 0.2) is 10.1 Å². The number of hydrogen-bond donors (Lipinski definition) is 0. The van der Waals surface area contributed by atoms with Crippen molar-refractivity contribution in [3.63, 3.8) is 0 Å². The van der Waals surface area contributed by atoms with E-state index in [4.69, 9.17) is 13.0 Å². The van der Waals surface area contributed by atoms with Gasteiger partial charge in [0.05, 0.1) is 49.9 Å². The van der Waals surface area contributed by atoms with E-state index in [2.05, 4.69) is 156 Å². The number of hydrogen-bond acceptors (Lipinski definition) is 3. The van der Waals surface area contributed by atoms with Crippen LogP contribution >= 0.6 is 23.8 Å². The van der Waals surface area contributed by atoms with Gasteiger partial charge in [-0.1, -0.05) is 54.6 Å². The van der Waals surface area contributed by atoms with Crippen LogP contribution in [-0.4, -0.2) is 59.1 Å². The van der Waals surface area contributed by atoms with Crippen LogP contribution < -0.4 is 32.3 Å². The Morgan fingerprint density at radius 3 is 0.857 bits per heavy atom. The van der Waals surface area contributed by atoms with Crippen LogP contribution in [0.5, 0.6) is 0 Å². The van der Waals surface area contributed by atoms with Crippen LogP contribution in [0.3, 0.4) is 0 Å². The third-order valence-corrected chi connectivity index (χ3v) is 20.0. The van der Waals surface area contributed by atoms with Crippen LogP contribution in [0.1, 0.15) is 83.1 Å². The molecule has 0 heterocycles. The number of rotatable bonds is 12. The van der Waals surface area contributed by atoms with Gasteiger partial charge in [0, 0.05) is 40.8 Å². The molecule has 3 aromatic rings. The first kappa shape index (κ1) is 46.3. The summed E-state index contributed by atoms with van der Waals surface area (Å²) in [7, 11) is -8.36. The average molecular weight is 799 g/mol. The largest absolute Gasteiger partial charge is 0.741 e. The summed E-state index contributed by atoms with van der Waals surface area (Å²) in [5.41, 5.74) is 3.20. The second-order valence-corrected chi connectivity index (χ2v) is 27.0. The molecule has 0 aliphatic heterocycles. The molecule has 0 saturated carbocycles.